The molecule has 118 valence electrons. The molecule has 5 heteroatoms. The Morgan fingerprint density at radius 3 is 2.43 bits per heavy atom. The number of carbonyl (C=O) groups excluding carboxylic acids is 2. The fourth-order valence-corrected chi connectivity index (χ4v) is 1.82. The number of furan rings is 1. The summed E-state index contributed by atoms with van der Waals surface area (Å²) in [7, 11) is 0. The van der Waals surface area contributed by atoms with Gasteiger partial charge in [-0.15, -0.1) is 0 Å². The lowest BCUT2D eigenvalue weighted by molar-refractivity contribution is -0.163. The molecule has 0 spiro atoms. The van der Waals surface area contributed by atoms with Crippen LogP contribution >= 0.6 is 0 Å². The zero-order valence-electron chi connectivity index (χ0n) is 13.3. The van der Waals surface area contributed by atoms with Crippen LogP contribution in [0.5, 0.6) is 0 Å². The first-order chi connectivity index (χ1) is 9.67. The third-order valence-corrected chi connectivity index (χ3v) is 2.55. The van der Waals surface area contributed by atoms with Crippen LogP contribution in [-0.2, 0) is 25.5 Å². The first-order valence-electron chi connectivity index (χ1n) is 7.12. The molecule has 1 rings (SSSR count). The number of esters is 2. The zero-order chi connectivity index (χ0) is 16.0. The molecule has 0 saturated carbocycles. The van der Waals surface area contributed by atoms with Crippen LogP contribution in [0.25, 0.3) is 0 Å². The normalized spacial score (nSPS) is 13.0. The quantitative estimate of drug-likeness (QED) is 0.755. The highest BCUT2D eigenvalue weighted by molar-refractivity contribution is 5.80. The molecule has 0 fully saturated rings. The molecule has 0 aliphatic carbocycles. The molecule has 0 radical (unpaired) electrons. The molecule has 0 unspecified atom stereocenters. The monoisotopic (exact) mass is 296 g/mol. The van der Waals surface area contributed by atoms with Crippen LogP contribution in [0.4, 0.5) is 0 Å². The van der Waals surface area contributed by atoms with E-state index in [1.165, 1.54) is 6.26 Å². The van der Waals surface area contributed by atoms with Gasteiger partial charge in [-0.2, -0.15) is 0 Å². The molecule has 5 nitrogen and oxygen atoms in total. The van der Waals surface area contributed by atoms with Gasteiger partial charge in [0.15, 0.2) is 0 Å². The van der Waals surface area contributed by atoms with Crippen molar-refractivity contribution in [1.82, 2.24) is 0 Å². The lowest BCUT2D eigenvalue weighted by Crippen LogP contribution is -2.30. The fourth-order valence-electron chi connectivity index (χ4n) is 1.82. The van der Waals surface area contributed by atoms with Gasteiger partial charge in [-0.3, -0.25) is 9.59 Å². The van der Waals surface area contributed by atoms with Crippen molar-refractivity contribution in [2.75, 3.05) is 0 Å². The number of rotatable bonds is 6. The molecule has 0 amide bonds. The molecular formula is C16H24O5. The summed E-state index contributed by atoms with van der Waals surface area (Å²) >= 11 is 0. The highest BCUT2D eigenvalue weighted by Crippen LogP contribution is 2.18. The second-order valence-corrected chi connectivity index (χ2v) is 6.26. The third-order valence-electron chi connectivity index (χ3n) is 2.55. The van der Waals surface area contributed by atoms with Gasteiger partial charge in [-0.25, -0.2) is 0 Å². The SMILES string of the molecule is CC(C)OC(=O)[C@H](CC(=O)OC(C)(C)C)Cc1ccco1. The van der Waals surface area contributed by atoms with E-state index in [0.717, 1.165) is 0 Å². The molecule has 1 aromatic rings. The molecule has 0 aromatic carbocycles. The van der Waals surface area contributed by atoms with Gasteiger partial charge in [0, 0.05) is 6.42 Å². The van der Waals surface area contributed by atoms with Crippen molar-refractivity contribution in [3.8, 4) is 0 Å². The lowest BCUT2D eigenvalue weighted by Gasteiger charge is -2.22. The lowest BCUT2D eigenvalue weighted by atomic mass is 10.00. The second kappa shape index (κ2) is 7.29. The average molecular weight is 296 g/mol. The summed E-state index contributed by atoms with van der Waals surface area (Å²) in [5.74, 6) is -0.787. The van der Waals surface area contributed by atoms with Crippen LogP contribution in [0.3, 0.4) is 0 Å². The second-order valence-electron chi connectivity index (χ2n) is 6.26. The Kier molecular flexibility index (Phi) is 6.00. The maximum Gasteiger partial charge on any atom is 0.310 e. The van der Waals surface area contributed by atoms with E-state index in [2.05, 4.69) is 0 Å². The molecule has 0 aliphatic rings. The van der Waals surface area contributed by atoms with Crippen molar-refractivity contribution in [1.29, 1.82) is 0 Å². The first kappa shape index (κ1) is 17.3. The summed E-state index contributed by atoms with van der Waals surface area (Å²) in [6.07, 6.45) is 1.60. The Bertz CT molecular complexity index is 454. The zero-order valence-corrected chi connectivity index (χ0v) is 13.3. The van der Waals surface area contributed by atoms with Gasteiger partial charge in [0.05, 0.1) is 24.7 Å². The van der Waals surface area contributed by atoms with Crippen LogP contribution in [0, 0.1) is 5.92 Å². The van der Waals surface area contributed by atoms with E-state index >= 15 is 0 Å². The minimum Gasteiger partial charge on any atom is -0.469 e. The van der Waals surface area contributed by atoms with Crippen LogP contribution < -0.4 is 0 Å². The molecule has 1 atom stereocenters. The molecule has 1 aromatic heterocycles. The Morgan fingerprint density at radius 2 is 1.95 bits per heavy atom. The summed E-state index contributed by atoms with van der Waals surface area (Å²) in [6.45, 7) is 8.92. The number of hydrogen-bond donors (Lipinski definition) is 0. The van der Waals surface area contributed by atoms with Gasteiger partial charge in [-0.1, -0.05) is 0 Å². The van der Waals surface area contributed by atoms with E-state index in [1.54, 1.807) is 46.8 Å². The predicted molar refractivity (Wildman–Crippen MR) is 77.6 cm³/mol. The van der Waals surface area contributed by atoms with Crippen LogP contribution in [-0.4, -0.2) is 23.6 Å². The first-order valence-corrected chi connectivity index (χ1v) is 7.12. The number of ether oxygens (including phenoxy) is 2. The summed E-state index contributed by atoms with van der Waals surface area (Å²) < 4.78 is 15.7. The Hall–Kier alpha value is -1.78. The molecule has 0 N–H and O–H groups in total. The minimum atomic E-state index is -0.603. The summed E-state index contributed by atoms with van der Waals surface area (Å²) in [5.41, 5.74) is -0.575. The van der Waals surface area contributed by atoms with Crippen molar-refractivity contribution < 1.29 is 23.5 Å². The molecule has 0 aliphatic heterocycles. The molecule has 1 heterocycles. The van der Waals surface area contributed by atoms with Crippen LogP contribution in [0.1, 0.15) is 46.8 Å². The van der Waals surface area contributed by atoms with Gasteiger partial charge >= 0.3 is 11.9 Å². The van der Waals surface area contributed by atoms with E-state index in [1.807, 2.05) is 0 Å². The van der Waals surface area contributed by atoms with E-state index in [0.29, 0.717) is 12.2 Å². The molecule has 0 saturated heterocycles. The molecular weight excluding hydrogens is 272 g/mol. The summed E-state index contributed by atoms with van der Waals surface area (Å²) in [6, 6.07) is 3.51. The summed E-state index contributed by atoms with van der Waals surface area (Å²) in [4.78, 5) is 24.0. The maximum atomic E-state index is 12.1. The van der Waals surface area contributed by atoms with E-state index in [9.17, 15) is 9.59 Å². The largest absolute Gasteiger partial charge is 0.469 e. The van der Waals surface area contributed by atoms with E-state index in [4.69, 9.17) is 13.9 Å². The highest BCUT2D eigenvalue weighted by Gasteiger charge is 2.28. The van der Waals surface area contributed by atoms with Crippen molar-refractivity contribution in [2.24, 2.45) is 5.92 Å². The van der Waals surface area contributed by atoms with E-state index < -0.39 is 23.5 Å². The predicted octanol–water partition coefficient (Wildman–Crippen LogP) is 3.12. The van der Waals surface area contributed by atoms with Crippen molar-refractivity contribution >= 4 is 11.9 Å². The Labute approximate surface area is 125 Å². The Morgan fingerprint density at radius 1 is 1.29 bits per heavy atom. The average Bonchev–Trinajstić information content (AvgIpc) is 2.77. The highest BCUT2D eigenvalue weighted by atomic mass is 16.6. The smallest absolute Gasteiger partial charge is 0.310 e. The fraction of sp³-hybridized carbons (Fsp3) is 0.625. The van der Waals surface area contributed by atoms with Crippen molar-refractivity contribution in [3.63, 3.8) is 0 Å². The molecule has 0 bridgehead atoms. The van der Waals surface area contributed by atoms with Crippen LogP contribution in [0.2, 0.25) is 0 Å². The van der Waals surface area contributed by atoms with Gasteiger partial charge in [-0.05, 0) is 46.8 Å². The van der Waals surface area contributed by atoms with Gasteiger partial charge in [0.1, 0.15) is 11.4 Å². The maximum absolute atomic E-state index is 12.1. The standard InChI is InChI=1S/C16H24O5/c1-11(2)20-15(18)12(9-13-7-6-8-19-13)10-14(17)21-16(3,4)5/h6-8,11-12H,9-10H2,1-5H3/t12-/m0/s1. The number of hydrogen-bond acceptors (Lipinski definition) is 5. The van der Waals surface area contributed by atoms with E-state index in [-0.39, 0.29) is 12.5 Å². The van der Waals surface area contributed by atoms with Crippen molar-refractivity contribution in [2.45, 2.75) is 59.2 Å². The topological polar surface area (TPSA) is 65.7 Å². The minimum absolute atomic E-state index is 0.0243. The van der Waals surface area contributed by atoms with Gasteiger partial charge in [0.25, 0.3) is 0 Å². The van der Waals surface area contributed by atoms with Gasteiger partial charge < -0.3 is 13.9 Å². The van der Waals surface area contributed by atoms with Gasteiger partial charge in [0.2, 0.25) is 0 Å². The number of carbonyl (C=O) groups is 2. The summed E-state index contributed by atoms with van der Waals surface area (Å²) in [5, 5.41) is 0. The molecule has 21 heavy (non-hydrogen) atoms. The van der Waals surface area contributed by atoms with Crippen LogP contribution in [0.15, 0.2) is 22.8 Å². The van der Waals surface area contributed by atoms with Crippen molar-refractivity contribution in [3.05, 3.63) is 24.2 Å². The third kappa shape index (κ3) is 6.97. The Balaban J connectivity index is 2.71.